The molecule has 1 heterocycles. The topological polar surface area (TPSA) is 32.3 Å². The highest BCUT2D eigenvalue weighted by atomic mass is 35.5. The molecule has 0 spiro atoms. The maximum atomic E-state index is 13.7. The highest BCUT2D eigenvalue weighted by Crippen LogP contribution is 2.35. The second kappa shape index (κ2) is 10.3. The van der Waals surface area contributed by atoms with E-state index >= 15 is 0 Å². The Balaban J connectivity index is 1.65. The number of carbonyl (C=O) groups is 1. The van der Waals surface area contributed by atoms with Gasteiger partial charge >= 0.3 is 12.4 Å². The third kappa shape index (κ3) is 7.37. The molecule has 1 N–H and O–H groups in total. The van der Waals surface area contributed by atoms with Gasteiger partial charge in [0.1, 0.15) is 0 Å². The van der Waals surface area contributed by atoms with Gasteiger partial charge in [-0.3, -0.25) is 4.79 Å². The Morgan fingerprint density at radius 2 is 1.79 bits per heavy atom. The molecule has 33 heavy (non-hydrogen) atoms. The largest absolute Gasteiger partial charge is 0.416 e. The molecule has 1 saturated heterocycles. The van der Waals surface area contributed by atoms with E-state index in [-0.39, 0.29) is 12.5 Å². The van der Waals surface area contributed by atoms with E-state index in [1.165, 1.54) is 30.3 Å². The molecule has 0 radical (unpaired) electrons. The van der Waals surface area contributed by atoms with Crippen LogP contribution in [0, 0.1) is 5.92 Å². The van der Waals surface area contributed by atoms with Gasteiger partial charge in [0, 0.05) is 30.2 Å². The molecule has 2 atom stereocenters. The molecule has 0 saturated carbocycles. The fourth-order valence-electron chi connectivity index (χ4n) is 4.03. The average molecular weight is 493 g/mol. The Morgan fingerprint density at radius 1 is 1.09 bits per heavy atom. The van der Waals surface area contributed by atoms with E-state index in [1.54, 1.807) is 11.0 Å². The number of halogens is 7. The Kier molecular flexibility index (Phi) is 7.95. The number of anilines is 1. The van der Waals surface area contributed by atoms with Crippen LogP contribution in [-0.2, 0) is 11.0 Å². The van der Waals surface area contributed by atoms with Crippen molar-refractivity contribution >= 4 is 23.2 Å². The number of benzene rings is 2. The second-order valence-electron chi connectivity index (χ2n) is 8.22. The fourth-order valence-corrected chi connectivity index (χ4v) is 4.15. The number of piperidine rings is 1. The van der Waals surface area contributed by atoms with Crippen LogP contribution in [0.5, 0.6) is 0 Å². The lowest BCUT2D eigenvalue weighted by Crippen LogP contribution is -2.42. The molecule has 180 valence electrons. The standard InChI is InChI=1S/C23H23ClF6N2O/c24-19-6-8-20(9-7-19)31-21(33)12-18(23(28,29)30)14-32-10-2-4-16(13-32)15-3-1-5-17(11-15)22(25,26)27/h1,3,5-9,11,16,18H,2,4,10,12-14H2,(H,31,33)/t16-,18?/m0/s1. The normalized spacial score (nSPS) is 18.7. The molecule has 2 aromatic rings. The number of nitrogens with zero attached hydrogens (tertiary/aromatic N) is 1. The summed E-state index contributed by atoms with van der Waals surface area (Å²) in [5.41, 5.74) is 0.0237. The first kappa shape index (κ1) is 25.4. The molecule has 1 aliphatic heterocycles. The van der Waals surface area contributed by atoms with E-state index in [9.17, 15) is 31.1 Å². The van der Waals surface area contributed by atoms with E-state index in [0.29, 0.717) is 35.7 Å². The summed E-state index contributed by atoms with van der Waals surface area (Å²) >= 11 is 5.77. The molecule has 3 rings (SSSR count). The van der Waals surface area contributed by atoms with Gasteiger partial charge < -0.3 is 10.2 Å². The van der Waals surface area contributed by atoms with E-state index in [0.717, 1.165) is 12.1 Å². The molecule has 1 unspecified atom stereocenters. The minimum atomic E-state index is -4.60. The molecule has 2 aromatic carbocycles. The zero-order valence-electron chi connectivity index (χ0n) is 17.5. The van der Waals surface area contributed by atoms with Crippen molar-refractivity contribution in [1.82, 2.24) is 4.90 Å². The summed E-state index contributed by atoms with van der Waals surface area (Å²) in [6.45, 7) is 0.195. The molecular weight excluding hydrogens is 470 g/mol. The summed E-state index contributed by atoms with van der Waals surface area (Å²) in [4.78, 5) is 13.8. The zero-order chi connectivity index (χ0) is 24.2. The van der Waals surface area contributed by atoms with Crippen molar-refractivity contribution in [3.63, 3.8) is 0 Å². The first-order chi connectivity index (χ1) is 15.4. The van der Waals surface area contributed by atoms with Crippen LogP contribution in [0.2, 0.25) is 5.02 Å². The first-order valence-electron chi connectivity index (χ1n) is 10.4. The lowest BCUT2D eigenvalue weighted by atomic mass is 9.89. The summed E-state index contributed by atoms with van der Waals surface area (Å²) in [5, 5.41) is 2.87. The molecule has 1 fully saturated rings. The number of alkyl halides is 6. The quantitative estimate of drug-likeness (QED) is 0.453. The molecule has 1 aliphatic rings. The number of likely N-dealkylation sites (tertiary alicyclic amines) is 1. The van der Waals surface area contributed by atoms with E-state index < -0.39 is 42.7 Å². The van der Waals surface area contributed by atoms with Gasteiger partial charge in [-0.2, -0.15) is 26.3 Å². The van der Waals surface area contributed by atoms with Gasteiger partial charge in [0.05, 0.1) is 11.5 Å². The molecule has 0 aromatic heterocycles. The molecule has 0 bridgehead atoms. The first-order valence-corrected chi connectivity index (χ1v) is 10.8. The van der Waals surface area contributed by atoms with Crippen LogP contribution < -0.4 is 5.32 Å². The SMILES string of the molecule is O=C(CC(CN1CCC[C@H](c2cccc(C(F)(F)F)c2)C1)C(F)(F)F)Nc1ccc(Cl)cc1. The lowest BCUT2D eigenvalue weighted by molar-refractivity contribution is -0.183. The number of rotatable bonds is 6. The number of nitrogens with one attached hydrogen (secondary N) is 1. The number of hydrogen-bond donors (Lipinski definition) is 1. The van der Waals surface area contributed by atoms with Gasteiger partial charge in [-0.05, 0) is 61.2 Å². The van der Waals surface area contributed by atoms with Crippen molar-refractivity contribution in [3.8, 4) is 0 Å². The molecular formula is C23H23ClF6N2O. The molecule has 1 amide bonds. The van der Waals surface area contributed by atoms with Gasteiger partial charge in [-0.25, -0.2) is 0 Å². The van der Waals surface area contributed by atoms with Crippen molar-refractivity contribution in [2.24, 2.45) is 5.92 Å². The van der Waals surface area contributed by atoms with Crippen LogP contribution in [0.15, 0.2) is 48.5 Å². The summed E-state index contributed by atoms with van der Waals surface area (Å²) < 4.78 is 80.1. The van der Waals surface area contributed by atoms with Crippen molar-refractivity contribution in [2.75, 3.05) is 25.0 Å². The van der Waals surface area contributed by atoms with Crippen molar-refractivity contribution < 1.29 is 31.1 Å². The maximum absolute atomic E-state index is 13.7. The van der Waals surface area contributed by atoms with Gasteiger partial charge in [-0.15, -0.1) is 0 Å². The summed E-state index contributed by atoms with van der Waals surface area (Å²) in [6.07, 6.45) is -8.69. The minimum Gasteiger partial charge on any atom is -0.326 e. The third-order valence-electron chi connectivity index (χ3n) is 5.69. The Hall–Kier alpha value is -2.26. The fraction of sp³-hybridized carbons (Fsp3) is 0.435. The predicted molar refractivity (Wildman–Crippen MR) is 114 cm³/mol. The summed E-state index contributed by atoms with van der Waals surface area (Å²) in [7, 11) is 0. The average Bonchev–Trinajstić information content (AvgIpc) is 2.74. The smallest absolute Gasteiger partial charge is 0.326 e. The van der Waals surface area contributed by atoms with E-state index in [2.05, 4.69) is 5.32 Å². The van der Waals surface area contributed by atoms with Crippen LogP contribution in [0.1, 0.15) is 36.3 Å². The highest BCUT2D eigenvalue weighted by molar-refractivity contribution is 6.30. The van der Waals surface area contributed by atoms with Crippen molar-refractivity contribution in [3.05, 3.63) is 64.7 Å². The Labute approximate surface area is 192 Å². The molecule has 3 nitrogen and oxygen atoms in total. The molecule has 10 heteroatoms. The van der Waals surface area contributed by atoms with Gasteiger partial charge in [-0.1, -0.05) is 29.8 Å². The van der Waals surface area contributed by atoms with Crippen LogP contribution in [0.3, 0.4) is 0 Å². The lowest BCUT2D eigenvalue weighted by Gasteiger charge is -2.35. The van der Waals surface area contributed by atoms with Crippen LogP contribution in [-0.4, -0.2) is 36.6 Å². The van der Waals surface area contributed by atoms with Gasteiger partial charge in [0.2, 0.25) is 5.91 Å². The zero-order valence-corrected chi connectivity index (χ0v) is 18.3. The minimum absolute atomic E-state index is 0.201. The predicted octanol–water partition coefficient (Wildman–Crippen LogP) is 6.75. The van der Waals surface area contributed by atoms with Crippen LogP contribution in [0.25, 0.3) is 0 Å². The van der Waals surface area contributed by atoms with E-state index in [1.807, 2.05) is 0 Å². The van der Waals surface area contributed by atoms with Crippen molar-refractivity contribution in [2.45, 2.75) is 37.5 Å². The summed E-state index contributed by atoms with van der Waals surface area (Å²) in [5.74, 6) is -2.98. The third-order valence-corrected chi connectivity index (χ3v) is 5.94. The number of carbonyl (C=O) groups excluding carboxylic acids is 1. The Morgan fingerprint density at radius 3 is 2.42 bits per heavy atom. The number of amides is 1. The van der Waals surface area contributed by atoms with Gasteiger partial charge in [0.25, 0.3) is 0 Å². The van der Waals surface area contributed by atoms with Crippen LogP contribution in [0.4, 0.5) is 32.0 Å². The summed E-state index contributed by atoms with van der Waals surface area (Å²) in [6, 6.07) is 10.9. The Bertz CT molecular complexity index is 945. The van der Waals surface area contributed by atoms with Gasteiger partial charge in [0.15, 0.2) is 0 Å². The van der Waals surface area contributed by atoms with Crippen molar-refractivity contribution in [1.29, 1.82) is 0 Å². The number of hydrogen-bond acceptors (Lipinski definition) is 2. The monoisotopic (exact) mass is 492 g/mol. The second-order valence-corrected chi connectivity index (χ2v) is 8.66. The maximum Gasteiger partial charge on any atom is 0.416 e. The van der Waals surface area contributed by atoms with Crippen LogP contribution >= 0.6 is 11.6 Å². The highest BCUT2D eigenvalue weighted by Gasteiger charge is 2.42. The molecule has 0 aliphatic carbocycles. The van der Waals surface area contributed by atoms with E-state index in [4.69, 9.17) is 11.6 Å².